The van der Waals surface area contributed by atoms with Gasteiger partial charge in [0.15, 0.2) is 11.6 Å². The van der Waals surface area contributed by atoms with E-state index in [1.807, 2.05) is 19.1 Å². The molecule has 1 aliphatic rings. The Kier molecular flexibility index (Phi) is 4.90. The molecule has 0 aliphatic carbocycles. The zero-order chi connectivity index (χ0) is 21.4. The molecular weight excluding hydrogens is 393 g/mol. The number of hydrogen-bond acceptors (Lipinski definition) is 7. The van der Waals surface area contributed by atoms with Gasteiger partial charge in [0.25, 0.3) is 0 Å². The van der Waals surface area contributed by atoms with E-state index in [-0.39, 0.29) is 35.0 Å². The molecule has 0 unspecified atom stereocenters. The molecule has 0 fully saturated rings. The molecule has 0 saturated heterocycles. The van der Waals surface area contributed by atoms with Crippen LogP contribution < -0.4 is 26.5 Å². The lowest BCUT2D eigenvalue weighted by Crippen LogP contribution is -2.28. The van der Waals surface area contributed by atoms with Crippen molar-refractivity contribution in [1.29, 1.82) is 0 Å². The standard InChI is InChI=1S/C20H20FN5O4/c1-10-9-30-19-16(25-7-6-24-12-4-2-3-5-23-12)14(21)15(22)13-17(19)26(10)8-11(18(13)27)20(28)29/h2-5,8,10,25H,6-7,9,22H2,1H3,(H,23,24)(H,28,29)/t10-/m0/s1. The summed E-state index contributed by atoms with van der Waals surface area (Å²) in [5.74, 6) is -1.43. The van der Waals surface area contributed by atoms with Gasteiger partial charge in [-0.15, -0.1) is 0 Å². The Morgan fingerprint density at radius 3 is 2.87 bits per heavy atom. The summed E-state index contributed by atoms with van der Waals surface area (Å²) in [6, 6.07) is 5.19. The molecular formula is C20H20FN5O4. The minimum absolute atomic E-state index is 0.0333. The van der Waals surface area contributed by atoms with Gasteiger partial charge in [-0.2, -0.15) is 0 Å². The molecule has 1 atom stereocenters. The molecule has 5 N–H and O–H groups in total. The first-order valence-corrected chi connectivity index (χ1v) is 9.34. The number of carboxylic acid groups (broad SMARTS) is 1. The molecule has 3 heterocycles. The quantitative estimate of drug-likeness (QED) is 0.358. The van der Waals surface area contributed by atoms with Crippen LogP contribution in [0, 0.1) is 5.82 Å². The maximum Gasteiger partial charge on any atom is 0.341 e. The number of nitrogens with two attached hydrogens (primary N) is 1. The zero-order valence-corrected chi connectivity index (χ0v) is 16.1. The summed E-state index contributed by atoms with van der Waals surface area (Å²) in [6.07, 6.45) is 2.91. The summed E-state index contributed by atoms with van der Waals surface area (Å²) in [5.41, 5.74) is 4.54. The van der Waals surface area contributed by atoms with Gasteiger partial charge in [0.1, 0.15) is 23.7 Å². The highest BCUT2D eigenvalue weighted by atomic mass is 19.1. The van der Waals surface area contributed by atoms with Crippen LogP contribution in [0.3, 0.4) is 0 Å². The predicted octanol–water partition coefficient (Wildman–Crippen LogP) is 2.29. The number of carbonyl (C=O) groups is 1. The molecule has 4 rings (SSSR count). The Morgan fingerprint density at radius 1 is 1.40 bits per heavy atom. The number of nitrogens with one attached hydrogen (secondary N) is 2. The highest BCUT2D eigenvalue weighted by Crippen LogP contribution is 2.43. The lowest BCUT2D eigenvalue weighted by molar-refractivity contribution is 0.0694. The van der Waals surface area contributed by atoms with E-state index in [0.717, 1.165) is 0 Å². The lowest BCUT2D eigenvalue weighted by Gasteiger charge is -2.29. The van der Waals surface area contributed by atoms with Gasteiger partial charge in [0.2, 0.25) is 5.43 Å². The fourth-order valence-corrected chi connectivity index (χ4v) is 3.50. The van der Waals surface area contributed by atoms with E-state index in [0.29, 0.717) is 18.9 Å². The SMILES string of the molecule is C[C@H]1COc2c(NCCNc3ccccn3)c(F)c(N)c3c(=O)c(C(=O)O)cn1c23. The number of aromatic carboxylic acids is 1. The summed E-state index contributed by atoms with van der Waals surface area (Å²) in [5, 5.41) is 15.2. The first-order valence-electron chi connectivity index (χ1n) is 9.34. The molecule has 3 aromatic rings. The summed E-state index contributed by atoms with van der Waals surface area (Å²) >= 11 is 0. The molecule has 1 aliphatic heterocycles. The number of aromatic nitrogens is 2. The number of nitrogen functional groups attached to an aromatic ring is 1. The largest absolute Gasteiger partial charge is 0.487 e. The van der Waals surface area contributed by atoms with Crippen LogP contribution in [0.4, 0.5) is 21.6 Å². The molecule has 0 spiro atoms. The van der Waals surface area contributed by atoms with E-state index in [1.165, 1.54) is 6.20 Å². The van der Waals surface area contributed by atoms with Gasteiger partial charge in [-0.1, -0.05) is 6.07 Å². The maximum absolute atomic E-state index is 15.1. The first-order chi connectivity index (χ1) is 14.4. The van der Waals surface area contributed by atoms with Crippen LogP contribution in [0.25, 0.3) is 10.9 Å². The Labute approximate surface area is 170 Å². The Balaban J connectivity index is 1.75. The average Bonchev–Trinajstić information content (AvgIpc) is 2.73. The summed E-state index contributed by atoms with van der Waals surface area (Å²) in [6.45, 7) is 2.76. The van der Waals surface area contributed by atoms with Crippen molar-refractivity contribution < 1.29 is 19.0 Å². The molecule has 2 aromatic heterocycles. The van der Waals surface area contributed by atoms with Gasteiger partial charge in [-0.25, -0.2) is 14.2 Å². The lowest BCUT2D eigenvalue weighted by atomic mass is 10.0. The highest BCUT2D eigenvalue weighted by molar-refractivity contribution is 6.03. The second-order valence-electron chi connectivity index (χ2n) is 6.97. The number of carboxylic acids is 1. The van der Waals surface area contributed by atoms with Crippen LogP contribution in [0.2, 0.25) is 0 Å². The van der Waals surface area contributed by atoms with Crippen LogP contribution in [-0.2, 0) is 0 Å². The van der Waals surface area contributed by atoms with Crippen LogP contribution >= 0.6 is 0 Å². The maximum atomic E-state index is 15.1. The van der Waals surface area contributed by atoms with E-state index in [1.54, 1.807) is 16.8 Å². The van der Waals surface area contributed by atoms with E-state index in [4.69, 9.17) is 10.5 Å². The van der Waals surface area contributed by atoms with Crippen LogP contribution in [0.1, 0.15) is 23.3 Å². The number of hydrogen-bond donors (Lipinski definition) is 4. The summed E-state index contributed by atoms with van der Waals surface area (Å²) in [4.78, 5) is 28.3. The van der Waals surface area contributed by atoms with Gasteiger partial charge in [0.05, 0.1) is 22.6 Å². The molecule has 0 bridgehead atoms. The molecule has 1 aromatic carbocycles. The summed E-state index contributed by atoms with van der Waals surface area (Å²) in [7, 11) is 0. The number of anilines is 3. The van der Waals surface area contributed by atoms with Gasteiger partial charge < -0.3 is 30.8 Å². The molecule has 0 radical (unpaired) electrons. The number of benzene rings is 1. The monoisotopic (exact) mass is 413 g/mol. The van der Waals surface area contributed by atoms with Crippen molar-refractivity contribution in [3.8, 4) is 5.75 Å². The van der Waals surface area contributed by atoms with Gasteiger partial charge in [-0.05, 0) is 19.1 Å². The van der Waals surface area contributed by atoms with Crippen molar-refractivity contribution in [2.75, 3.05) is 36.1 Å². The number of ether oxygens (including phenoxy) is 1. The van der Waals surface area contributed by atoms with Crippen molar-refractivity contribution in [2.45, 2.75) is 13.0 Å². The predicted molar refractivity (Wildman–Crippen MR) is 111 cm³/mol. The van der Waals surface area contributed by atoms with Gasteiger partial charge >= 0.3 is 5.97 Å². The summed E-state index contributed by atoms with van der Waals surface area (Å²) < 4.78 is 22.5. The minimum Gasteiger partial charge on any atom is -0.487 e. The Bertz CT molecular complexity index is 1200. The second kappa shape index (κ2) is 7.54. The number of pyridine rings is 2. The topological polar surface area (TPSA) is 132 Å². The van der Waals surface area contributed by atoms with E-state index >= 15 is 4.39 Å². The zero-order valence-electron chi connectivity index (χ0n) is 16.1. The third kappa shape index (κ3) is 3.15. The van der Waals surface area contributed by atoms with Crippen molar-refractivity contribution in [3.63, 3.8) is 0 Å². The second-order valence-corrected chi connectivity index (χ2v) is 6.97. The van der Waals surface area contributed by atoms with Crippen LogP contribution in [-0.4, -0.2) is 40.3 Å². The fourth-order valence-electron chi connectivity index (χ4n) is 3.50. The Hall–Kier alpha value is -3.82. The first kappa shape index (κ1) is 19.5. The average molecular weight is 413 g/mol. The molecule has 0 saturated carbocycles. The van der Waals surface area contributed by atoms with Crippen molar-refractivity contribution in [3.05, 3.63) is 52.2 Å². The third-order valence-corrected chi connectivity index (χ3v) is 4.97. The third-order valence-electron chi connectivity index (χ3n) is 4.97. The molecule has 10 heteroatoms. The number of nitrogens with zero attached hydrogens (tertiary/aromatic N) is 2. The smallest absolute Gasteiger partial charge is 0.341 e. The van der Waals surface area contributed by atoms with Crippen LogP contribution in [0.5, 0.6) is 5.75 Å². The van der Waals surface area contributed by atoms with Gasteiger partial charge in [0, 0.05) is 25.5 Å². The number of rotatable bonds is 6. The van der Waals surface area contributed by atoms with E-state index in [9.17, 15) is 14.7 Å². The molecule has 0 amide bonds. The van der Waals surface area contributed by atoms with Crippen molar-refractivity contribution >= 4 is 34.1 Å². The minimum atomic E-state index is -1.39. The number of halogens is 1. The van der Waals surface area contributed by atoms with Crippen LogP contribution in [0.15, 0.2) is 35.4 Å². The van der Waals surface area contributed by atoms with E-state index < -0.39 is 28.5 Å². The Morgan fingerprint density at radius 2 is 2.17 bits per heavy atom. The molecule has 30 heavy (non-hydrogen) atoms. The van der Waals surface area contributed by atoms with Crippen molar-refractivity contribution in [1.82, 2.24) is 9.55 Å². The molecule has 156 valence electrons. The van der Waals surface area contributed by atoms with E-state index in [2.05, 4.69) is 15.6 Å². The fraction of sp³-hybridized carbons (Fsp3) is 0.250. The van der Waals surface area contributed by atoms with Gasteiger partial charge in [-0.3, -0.25) is 4.79 Å². The highest BCUT2D eigenvalue weighted by Gasteiger charge is 2.30. The van der Waals surface area contributed by atoms with Crippen molar-refractivity contribution in [2.24, 2.45) is 0 Å². The molecule has 9 nitrogen and oxygen atoms in total. The normalized spacial score (nSPS) is 14.9.